The number of ether oxygens (including phenoxy) is 1. The number of carbonyl (C=O) groups excluding carboxylic acids is 1. The van der Waals surface area contributed by atoms with Crippen LogP contribution in [0.2, 0.25) is 0 Å². The third-order valence-electron chi connectivity index (χ3n) is 5.89. The average molecular weight is 348 g/mol. The minimum Gasteiger partial charge on any atom is -0.496 e. The minimum absolute atomic E-state index is 0.0432. The molecule has 0 bridgehead atoms. The Morgan fingerprint density at radius 3 is 2.72 bits per heavy atom. The zero-order valence-corrected chi connectivity index (χ0v) is 15.5. The van der Waals surface area contributed by atoms with Crippen LogP contribution in [-0.2, 0) is 4.79 Å². The fraction of sp³-hybridized carbons (Fsp3) is 0.650. The number of hydrogen-bond donors (Lipinski definition) is 0. The molecule has 3 rings (SSSR count). The highest BCUT2D eigenvalue weighted by Gasteiger charge is 2.48. The van der Waals surface area contributed by atoms with Gasteiger partial charge in [-0.2, -0.15) is 0 Å². The number of nitrogens with zero attached hydrogens (tertiary/aromatic N) is 2. The Kier molecular flexibility index (Phi) is 5.50. The van der Waals surface area contributed by atoms with Crippen molar-refractivity contribution in [1.29, 1.82) is 0 Å². The normalized spacial score (nSPS) is 24.6. The quantitative estimate of drug-likeness (QED) is 0.787. The van der Waals surface area contributed by atoms with E-state index < -0.39 is 0 Å². The molecule has 1 saturated carbocycles. The van der Waals surface area contributed by atoms with Crippen molar-refractivity contribution in [2.24, 2.45) is 5.92 Å². The number of methoxy groups -OCH3 is 1. The van der Waals surface area contributed by atoms with E-state index in [1.54, 1.807) is 7.11 Å². The zero-order chi connectivity index (χ0) is 18.0. The largest absolute Gasteiger partial charge is 0.496 e. The van der Waals surface area contributed by atoms with Crippen LogP contribution in [-0.4, -0.2) is 50.3 Å². The lowest BCUT2D eigenvalue weighted by molar-refractivity contribution is -0.137. The van der Waals surface area contributed by atoms with Gasteiger partial charge < -0.3 is 14.5 Å². The van der Waals surface area contributed by atoms with Gasteiger partial charge in [0.05, 0.1) is 7.11 Å². The molecule has 1 amide bonds. The molecule has 0 spiro atoms. The lowest BCUT2D eigenvalue weighted by Crippen LogP contribution is -2.46. The summed E-state index contributed by atoms with van der Waals surface area (Å²) >= 11 is 0. The van der Waals surface area contributed by atoms with E-state index in [-0.39, 0.29) is 30.5 Å². The number of rotatable bonds is 6. The highest BCUT2D eigenvalue weighted by Crippen LogP contribution is 2.53. The van der Waals surface area contributed by atoms with Crippen LogP contribution >= 0.6 is 0 Å². The number of hydrogen-bond acceptors (Lipinski definition) is 3. The fourth-order valence-electron chi connectivity index (χ4n) is 4.82. The van der Waals surface area contributed by atoms with Crippen molar-refractivity contribution >= 4 is 11.6 Å². The zero-order valence-electron chi connectivity index (χ0n) is 15.5. The van der Waals surface area contributed by atoms with Crippen LogP contribution in [0, 0.1) is 5.92 Å². The van der Waals surface area contributed by atoms with E-state index in [0.29, 0.717) is 6.54 Å². The Bertz CT molecular complexity index is 618. The summed E-state index contributed by atoms with van der Waals surface area (Å²) in [5.74, 6) is 1.12. The first kappa shape index (κ1) is 18.0. The average Bonchev–Trinajstić information content (AvgIpc) is 2.97. The second kappa shape index (κ2) is 7.63. The second-order valence-corrected chi connectivity index (χ2v) is 6.92. The number of halogens is 1. The molecule has 2 aliphatic rings. The maximum atomic E-state index is 13.2. The molecule has 4 nitrogen and oxygen atoms in total. The number of anilines is 1. The number of carbonyl (C=O) groups is 1. The minimum atomic E-state index is -0.380. The lowest BCUT2D eigenvalue weighted by Gasteiger charge is -2.39. The summed E-state index contributed by atoms with van der Waals surface area (Å²) in [7, 11) is 1.67. The van der Waals surface area contributed by atoms with E-state index in [9.17, 15) is 9.18 Å². The molecule has 25 heavy (non-hydrogen) atoms. The standard InChI is InChI=1S/C20H29FN2O2/c1-4-22(5-2)20(24)14-8-6-9-15-18(14)19-16(23(15)13-12-21)10-7-11-17(19)25-3/h7,10-11,14-15,18H,4-6,8-9,12-13H2,1-3H3. The molecule has 3 atom stereocenters. The molecule has 1 aliphatic heterocycles. The number of alkyl halides is 1. The molecule has 5 heteroatoms. The SMILES string of the molecule is CCN(CC)C(=O)C1CCCC2C1c1c(OC)cccc1N2CCF. The van der Waals surface area contributed by atoms with E-state index in [2.05, 4.69) is 4.90 Å². The van der Waals surface area contributed by atoms with Gasteiger partial charge in [-0.25, -0.2) is 4.39 Å². The molecule has 0 N–H and O–H groups in total. The molecule has 0 aromatic heterocycles. The fourth-order valence-corrected chi connectivity index (χ4v) is 4.82. The number of fused-ring (bicyclic) bond motifs is 3. The Hall–Kier alpha value is -1.78. The predicted octanol–water partition coefficient (Wildman–Crippen LogP) is 3.61. The van der Waals surface area contributed by atoms with Gasteiger partial charge in [-0.1, -0.05) is 12.5 Å². The van der Waals surface area contributed by atoms with Gasteiger partial charge in [-0.05, 0) is 38.8 Å². The first-order valence-electron chi connectivity index (χ1n) is 9.46. The highest BCUT2D eigenvalue weighted by atomic mass is 19.1. The van der Waals surface area contributed by atoms with Crippen LogP contribution in [0.1, 0.15) is 44.6 Å². The monoisotopic (exact) mass is 348 g/mol. The van der Waals surface area contributed by atoms with Crippen molar-refractivity contribution in [1.82, 2.24) is 4.90 Å². The molecular formula is C20H29FN2O2. The molecular weight excluding hydrogens is 319 g/mol. The summed E-state index contributed by atoms with van der Waals surface area (Å²) < 4.78 is 18.9. The van der Waals surface area contributed by atoms with E-state index >= 15 is 0 Å². The second-order valence-electron chi connectivity index (χ2n) is 6.92. The van der Waals surface area contributed by atoms with Crippen LogP contribution in [0.5, 0.6) is 5.75 Å². The van der Waals surface area contributed by atoms with Gasteiger partial charge in [0.15, 0.2) is 0 Å². The molecule has 138 valence electrons. The first-order chi connectivity index (χ1) is 12.2. The summed E-state index contributed by atoms with van der Waals surface area (Å²) in [5, 5.41) is 0. The van der Waals surface area contributed by atoms with E-state index in [4.69, 9.17) is 4.74 Å². The van der Waals surface area contributed by atoms with Gasteiger partial charge in [0.2, 0.25) is 5.91 Å². The van der Waals surface area contributed by atoms with Crippen LogP contribution in [0.25, 0.3) is 0 Å². The van der Waals surface area contributed by atoms with E-state index in [0.717, 1.165) is 49.4 Å². The van der Waals surface area contributed by atoms with Gasteiger partial charge in [0, 0.05) is 48.8 Å². The van der Waals surface area contributed by atoms with Crippen LogP contribution in [0.3, 0.4) is 0 Å². The Balaban J connectivity index is 2.04. The van der Waals surface area contributed by atoms with E-state index in [1.807, 2.05) is 36.9 Å². The highest BCUT2D eigenvalue weighted by molar-refractivity contribution is 5.82. The Morgan fingerprint density at radius 1 is 1.32 bits per heavy atom. The van der Waals surface area contributed by atoms with Crippen molar-refractivity contribution in [2.75, 3.05) is 38.3 Å². The summed E-state index contributed by atoms with van der Waals surface area (Å²) in [6, 6.07) is 6.16. The summed E-state index contributed by atoms with van der Waals surface area (Å²) in [4.78, 5) is 17.3. The van der Waals surface area contributed by atoms with Gasteiger partial charge in [-0.3, -0.25) is 4.79 Å². The third kappa shape index (κ3) is 2.98. The Morgan fingerprint density at radius 2 is 2.08 bits per heavy atom. The number of benzene rings is 1. The molecule has 0 radical (unpaired) electrons. The van der Waals surface area contributed by atoms with Crippen molar-refractivity contribution in [3.8, 4) is 5.75 Å². The summed E-state index contributed by atoms with van der Waals surface area (Å²) in [6.07, 6.45) is 2.92. The van der Waals surface area contributed by atoms with Crippen molar-refractivity contribution < 1.29 is 13.9 Å². The first-order valence-corrected chi connectivity index (χ1v) is 9.46. The van der Waals surface area contributed by atoms with Crippen LogP contribution in [0.15, 0.2) is 18.2 Å². The van der Waals surface area contributed by atoms with Gasteiger partial charge in [0.25, 0.3) is 0 Å². The van der Waals surface area contributed by atoms with Crippen molar-refractivity contribution in [2.45, 2.75) is 45.1 Å². The third-order valence-corrected chi connectivity index (χ3v) is 5.89. The molecule has 3 unspecified atom stereocenters. The molecule has 1 heterocycles. The van der Waals surface area contributed by atoms with Crippen molar-refractivity contribution in [3.05, 3.63) is 23.8 Å². The summed E-state index contributed by atoms with van der Waals surface area (Å²) in [6.45, 7) is 5.52. The maximum Gasteiger partial charge on any atom is 0.226 e. The Labute approximate surface area is 149 Å². The molecule has 1 aliphatic carbocycles. The summed E-state index contributed by atoms with van der Waals surface area (Å²) in [5.41, 5.74) is 2.15. The lowest BCUT2D eigenvalue weighted by atomic mass is 9.73. The predicted molar refractivity (Wildman–Crippen MR) is 98.1 cm³/mol. The van der Waals surface area contributed by atoms with Crippen LogP contribution < -0.4 is 9.64 Å². The number of amides is 1. The van der Waals surface area contributed by atoms with E-state index in [1.165, 1.54) is 0 Å². The van der Waals surface area contributed by atoms with Gasteiger partial charge >= 0.3 is 0 Å². The maximum absolute atomic E-state index is 13.2. The molecule has 1 aromatic rings. The molecule has 1 fully saturated rings. The molecule has 0 saturated heterocycles. The van der Waals surface area contributed by atoms with Crippen molar-refractivity contribution in [3.63, 3.8) is 0 Å². The topological polar surface area (TPSA) is 32.8 Å². The van der Waals surface area contributed by atoms with Gasteiger partial charge in [0.1, 0.15) is 12.4 Å². The molecule has 1 aromatic carbocycles. The smallest absolute Gasteiger partial charge is 0.226 e. The van der Waals surface area contributed by atoms with Gasteiger partial charge in [-0.15, -0.1) is 0 Å². The van der Waals surface area contributed by atoms with Crippen LogP contribution in [0.4, 0.5) is 10.1 Å².